The second-order valence-corrected chi connectivity index (χ2v) is 19.5. The van der Waals surface area contributed by atoms with Crippen LogP contribution in [0.25, 0.3) is 43.4 Å². The topological polar surface area (TPSA) is 6.48 Å². The number of para-hydroxylation sites is 2. The molecule has 0 atom stereocenters. The van der Waals surface area contributed by atoms with Gasteiger partial charge in [-0.2, -0.15) is 0 Å². The van der Waals surface area contributed by atoms with Crippen molar-refractivity contribution in [2.75, 3.05) is 9.80 Å². The van der Waals surface area contributed by atoms with Crippen LogP contribution in [0.15, 0.2) is 182 Å². The summed E-state index contributed by atoms with van der Waals surface area (Å²) in [5, 5.41) is 7.69. The summed E-state index contributed by atoms with van der Waals surface area (Å²) in [5.41, 5.74) is 14.7. The smallest absolute Gasteiger partial charge is 0.0468 e. The number of nitrogens with zero attached hydrogens (tertiary/aromatic N) is 2. The molecule has 1 aliphatic rings. The minimum absolute atomic E-state index is 0.100. The van der Waals surface area contributed by atoms with Crippen LogP contribution in [-0.2, 0) is 16.2 Å². The average Bonchev–Trinajstić information content (AvgIpc) is 3.48. The van der Waals surface area contributed by atoms with Crippen LogP contribution in [0.2, 0.25) is 0 Å². The molecule has 9 aromatic carbocycles. The monoisotopic (exact) mass is 790 g/mol. The van der Waals surface area contributed by atoms with Gasteiger partial charge in [-0.15, -0.1) is 0 Å². The first-order chi connectivity index (χ1) is 29.3. The maximum absolute atomic E-state index is 2.48. The molecule has 0 saturated carbocycles. The van der Waals surface area contributed by atoms with E-state index in [0.29, 0.717) is 0 Å². The van der Waals surface area contributed by atoms with E-state index in [9.17, 15) is 0 Å². The van der Waals surface area contributed by atoms with Crippen molar-refractivity contribution in [3.8, 4) is 11.1 Å². The Hall–Kier alpha value is -6.64. The molecule has 0 unspecified atom stereocenters. The lowest BCUT2D eigenvalue weighted by atomic mass is 9.74. The van der Waals surface area contributed by atoms with E-state index in [4.69, 9.17) is 0 Å². The van der Waals surface area contributed by atoms with E-state index >= 15 is 0 Å². The van der Waals surface area contributed by atoms with Gasteiger partial charge in [0.15, 0.2) is 0 Å². The summed E-state index contributed by atoms with van der Waals surface area (Å²) in [6.45, 7) is 19.0. The molecule has 0 amide bonds. The van der Waals surface area contributed by atoms with E-state index in [1.165, 1.54) is 71.4 Å². The summed E-state index contributed by atoms with van der Waals surface area (Å²) < 4.78 is 0. The van der Waals surface area contributed by atoms with Crippen molar-refractivity contribution in [3.63, 3.8) is 0 Å². The molecule has 1 aliphatic carbocycles. The maximum Gasteiger partial charge on any atom is 0.0468 e. The van der Waals surface area contributed by atoms with E-state index in [1.807, 2.05) is 0 Å². The number of benzene rings is 9. The maximum atomic E-state index is 2.48. The molecule has 9 aromatic rings. The van der Waals surface area contributed by atoms with Crippen LogP contribution in [0, 0.1) is 0 Å². The Morgan fingerprint density at radius 1 is 0.328 bits per heavy atom. The van der Waals surface area contributed by atoms with Gasteiger partial charge in [-0.25, -0.2) is 0 Å². The van der Waals surface area contributed by atoms with Gasteiger partial charge in [0, 0.05) is 39.5 Å². The number of anilines is 6. The molecule has 0 aromatic heterocycles. The largest absolute Gasteiger partial charge is 0.310 e. The van der Waals surface area contributed by atoms with Crippen molar-refractivity contribution in [1.29, 1.82) is 0 Å². The first kappa shape index (κ1) is 38.6. The highest BCUT2D eigenvalue weighted by Crippen LogP contribution is 2.52. The lowest BCUT2D eigenvalue weighted by molar-refractivity contribution is 0.593. The van der Waals surface area contributed by atoms with Gasteiger partial charge in [0.1, 0.15) is 0 Å². The lowest BCUT2D eigenvalue weighted by Crippen LogP contribution is -2.19. The predicted octanol–water partition coefficient (Wildman–Crippen LogP) is 17.0. The van der Waals surface area contributed by atoms with Crippen molar-refractivity contribution in [2.24, 2.45) is 0 Å². The minimum Gasteiger partial charge on any atom is -0.310 e. The van der Waals surface area contributed by atoms with Gasteiger partial charge in [-0.3, -0.25) is 0 Å². The molecule has 0 N–H and O–H groups in total. The molecule has 2 nitrogen and oxygen atoms in total. The van der Waals surface area contributed by atoms with Crippen molar-refractivity contribution in [3.05, 3.63) is 204 Å². The highest BCUT2D eigenvalue weighted by Gasteiger charge is 2.36. The van der Waals surface area contributed by atoms with Gasteiger partial charge >= 0.3 is 0 Å². The fourth-order valence-corrected chi connectivity index (χ4v) is 10.3. The molecule has 61 heavy (non-hydrogen) atoms. The number of hydrogen-bond donors (Lipinski definition) is 0. The fourth-order valence-electron chi connectivity index (χ4n) is 10.3. The summed E-state index contributed by atoms with van der Waals surface area (Å²) >= 11 is 0. The van der Waals surface area contributed by atoms with Crippen LogP contribution in [0.1, 0.15) is 77.6 Å². The number of rotatable bonds is 6. The third-order valence-electron chi connectivity index (χ3n) is 12.9. The van der Waals surface area contributed by atoms with Gasteiger partial charge in [0.05, 0.1) is 0 Å². The molecular weight excluding hydrogens is 737 g/mol. The van der Waals surface area contributed by atoms with Crippen LogP contribution < -0.4 is 9.80 Å². The lowest BCUT2D eigenvalue weighted by Gasteiger charge is -2.33. The van der Waals surface area contributed by atoms with Gasteiger partial charge < -0.3 is 9.80 Å². The number of fused-ring (bicyclic) bond motifs is 6. The van der Waals surface area contributed by atoms with E-state index in [0.717, 1.165) is 28.4 Å². The Morgan fingerprint density at radius 3 is 1.31 bits per heavy atom. The van der Waals surface area contributed by atoms with E-state index in [-0.39, 0.29) is 16.2 Å². The molecule has 0 heterocycles. The third-order valence-corrected chi connectivity index (χ3v) is 12.9. The zero-order valence-corrected chi connectivity index (χ0v) is 36.7. The molecule has 2 heteroatoms. The van der Waals surface area contributed by atoms with E-state index < -0.39 is 0 Å². The summed E-state index contributed by atoms with van der Waals surface area (Å²) in [5.74, 6) is 0. The van der Waals surface area contributed by atoms with Crippen LogP contribution in [-0.4, -0.2) is 0 Å². The van der Waals surface area contributed by atoms with Crippen LogP contribution in [0.3, 0.4) is 0 Å². The molecular formula is C59H54N2. The van der Waals surface area contributed by atoms with Gasteiger partial charge in [0.25, 0.3) is 0 Å². The van der Waals surface area contributed by atoms with Crippen LogP contribution in [0.4, 0.5) is 34.1 Å². The summed E-state index contributed by atoms with van der Waals surface area (Å²) in [7, 11) is 0. The molecule has 0 spiro atoms. The average molecular weight is 791 g/mol. The summed E-state index contributed by atoms with van der Waals surface area (Å²) in [6.07, 6.45) is 0. The molecule has 300 valence electrons. The van der Waals surface area contributed by atoms with Gasteiger partial charge in [-0.1, -0.05) is 165 Å². The first-order valence-electron chi connectivity index (χ1n) is 21.8. The quantitative estimate of drug-likeness (QED) is 0.155. The summed E-state index contributed by atoms with van der Waals surface area (Å²) in [6, 6.07) is 67.6. The Balaban J connectivity index is 1.21. The zero-order chi connectivity index (χ0) is 42.3. The Kier molecular flexibility index (Phi) is 9.00. The fraction of sp³-hybridized carbons (Fsp3) is 0.186. The second kappa shape index (κ2) is 14.2. The highest BCUT2D eigenvalue weighted by atomic mass is 15.1. The van der Waals surface area contributed by atoms with Crippen LogP contribution in [0.5, 0.6) is 0 Å². The number of hydrogen-bond acceptors (Lipinski definition) is 2. The molecule has 0 fully saturated rings. The standard InChI is InChI=1S/C59H54N2/c1-57(2,3)55-50-34-31-45(61(42-23-13-10-14-24-42)46-29-32-48-47-25-17-18-26-53(47)59(7,8)54(48)38-46)37-52(50)56(58(4,5)6)49-33-30-44(36-51(49)55)60(41-21-11-9-12-22-41)43-28-27-39-19-15-16-20-40(39)35-43/h9-38H,1-8H3. The highest BCUT2D eigenvalue weighted by molar-refractivity contribution is 6.10. The minimum atomic E-state index is -0.147. The van der Waals surface area contributed by atoms with Gasteiger partial charge in [0.2, 0.25) is 0 Å². The van der Waals surface area contributed by atoms with Gasteiger partial charge in [-0.05, 0) is 149 Å². The van der Waals surface area contributed by atoms with Crippen molar-refractivity contribution in [1.82, 2.24) is 0 Å². The van der Waals surface area contributed by atoms with E-state index in [2.05, 4.69) is 247 Å². The molecule has 10 rings (SSSR count). The predicted molar refractivity (Wildman–Crippen MR) is 263 cm³/mol. The zero-order valence-electron chi connectivity index (χ0n) is 36.7. The Labute approximate surface area is 361 Å². The first-order valence-corrected chi connectivity index (χ1v) is 21.8. The molecule has 0 radical (unpaired) electrons. The van der Waals surface area contributed by atoms with Crippen molar-refractivity contribution >= 4 is 66.4 Å². The molecule has 0 aliphatic heterocycles. The SMILES string of the molecule is CC(C)(C)c1c2ccc(N(c3ccccc3)c3ccc4ccccc4c3)cc2c(C(C)(C)C)c2ccc(N(c3ccccc3)c3ccc4c(c3)C(C)(C)c3ccccc3-4)cc12. The molecule has 0 bridgehead atoms. The van der Waals surface area contributed by atoms with Crippen molar-refractivity contribution in [2.45, 2.75) is 71.6 Å². The molecule has 0 saturated heterocycles. The van der Waals surface area contributed by atoms with Crippen LogP contribution >= 0.6 is 0 Å². The van der Waals surface area contributed by atoms with Crippen molar-refractivity contribution < 1.29 is 0 Å². The normalized spacial score (nSPS) is 13.4. The van der Waals surface area contributed by atoms with E-state index in [1.54, 1.807) is 0 Å². The Bertz CT molecular complexity index is 3120. The third kappa shape index (κ3) is 6.48. The second-order valence-electron chi connectivity index (χ2n) is 19.5. The summed E-state index contributed by atoms with van der Waals surface area (Å²) in [4.78, 5) is 4.87. The Morgan fingerprint density at radius 2 is 0.754 bits per heavy atom.